The molecule has 0 aromatic rings. The first-order valence-corrected chi connectivity index (χ1v) is 7.59. The number of allylic oxidation sites excluding steroid dienone is 1. The van der Waals surface area contributed by atoms with Gasteiger partial charge in [-0.2, -0.15) is 0 Å². The fourth-order valence-corrected chi connectivity index (χ4v) is 3.96. The molecular weight excluding hydrogens is 256 g/mol. The lowest BCUT2D eigenvalue weighted by atomic mass is 9.68. The molecule has 2 heterocycles. The van der Waals surface area contributed by atoms with E-state index in [2.05, 4.69) is 26.8 Å². The number of rotatable bonds is 4. The van der Waals surface area contributed by atoms with Gasteiger partial charge in [0.25, 0.3) is 0 Å². The van der Waals surface area contributed by atoms with Crippen LogP contribution in [0.2, 0.25) is 0 Å². The van der Waals surface area contributed by atoms with Crippen LogP contribution >= 0.6 is 0 Å². The van der Waals surface area contributed by atoms with Crippen LogP contribution in [0.4, 0.5) is 0 Å². The molecule has 0 bridgehead atoms. The minimum absolute atomic E-state index is 0.117. The minimum atomic E-state index is -0.412. The van der Waals surface area contributed by atoms with Crippen LogP contribution in [0, 0.1) is 5.92 Å². The third-order valence-electron chi connectivity index (χ3n) is 5.26. The van der Waals surface area contributed by atoms with Gasteiger partial charge < -0.3 is 19.3 Å². The fourth-order valence-electron chi connectivity index (χ4n) is 3.96. The number of methoxy groups -OCH3 is 1. The van der Waals surface area contributed by atoms with Crippen molar-refractivity contribution in [3.63, 3.8) is 0 Å². The van der Waals surface area contributed by atoms with Crippen LogP contribution in [0.5, 0.6) is 0 Å². The van der Waals surface area contributed by atoms with Crippen LogP contribution in [0.15, 0.2) is 11.6 Å². The Hall–Kier alpha value is -0.420. The van der Waals surface area contributed by atoms with Crippen molar-refractivity contribution in [2.24, 2.45) is 5.92 Å². The van der Waals surface area contributed by atoms with Gasteiger partial charge in [-0.05, 0) is 40.0 Å². The molecule has 2 aliphatic heterocycles. The van der Waals surface area contributed by atoms with Crippen molar-refractivity contribution in [3.05, 3.63) is 11.6 Å². The molecule has 2 saturated heterocycles. The number of aliphatic hydroxyl groups excluding tert-OH is 1. The van der Waals surface area contributed by atoms with E-state index in [1.165, 1.54) is 5.57 Å². The summed E-state index contributed by atoms with van der Waals surface area (Å²) < 4.78 is 17.4. The molecule has 4 nitrogen and oxygen atoms in total. The lowest BCUT2D eigenvalue weighted by Gasteiger charge is -2.41. The van der Waals surface area contributed by atoms with E-state index in [-0.39, 0.29) is 29.3 Å². The molecular formula is C16H26O4. The van der Waals surface area contributed by atoms with E-state index in [0.717, 1.165) is 25.9 Å². The summed E-state index contributed by atoms with van der Waals surface area (Å²) in [7, 11) is 1.68. The van der Waals surface area contributed by atoms with E-state index < -0.39 is 6.10 Å². The van der Waals surface area contributed by atoms with Gasteiger partial charge in [-0.25, -0.2) is 0 Å². The van der Waals surface area contributed by atoms with Crippen LogP contribution in [0.1, 0.15) is 40.0 Å². The molecule has 0 aromatic carbocycles. The normalized spacial score (nSPS) is 50.0. The summed E-state index contributed by atoms with van der Waals surface area (Å²) >= 11 is 0. The van der Waals surface area contributed by atoms with Crippen LogP contribution in [0.3, 0.4) is 0 Å². The van der Waals surface area contributed by atoms with Gasteiger partial charge in [0, 0.05) is 7.11 Å². The molecule has 3 rings (SSSR count). The third kappa shape index (κ3) is 2.23. The molecule has 4 heteroatoms. The predicted octanol–water partition coefficient (Wildman–Crippen LogP) is 2.06. The molecule has 20 heavy (non-hydrogen) atoms. The van der Waals surface area contributed by atoms with Crippen molar-refractivity contribution >= 4 is 0 Å². The van der Waals surface area contributed by atoms with Gasteiger partial charge in [-0.1, -0.05) is 11.6 Å². The van der Waals surface area contributed by atoms with Gasteiger partial charge in [0.2, 0.25) is 0 Å². The zero-order valence-electron chi connectivity index (χ0n) is 12.9. The lowest BCUT2D eigenvalue weighted by molar-refractivity contribution is -0.116. The molecule has 1 saturated carbocycles. The van der Waals surface area contributed by atoms with Gasteiger partial charge in [-0.15, -0.1) is 0 Å². The third-order valence-corrected chi connectivity index (χ3v) is 5.26. The second-order valence-electron chi connectivity index (χ2n) is 6.94. The van der Waals surface area contributed by atoms with Crippen molar-refractivity contribution in [1.82, 2.24) is 0 Å². The molecule has 6 atom stereocenters. The van der Waals surface area contributed by atoms with Gasteiger partial charge in [-0.3, -0.25) is 0 Å². The van der Waals surface area contributed by atoms with Crippen molar-refractivity contribution < 1.29 is 19.3 Å². The molecule has 3 fully saturated rings. The van der Waals surface area contributed by atoms with E-state index in [0.29, 0.717) is 0 Å². The Morgan fingerprint density at radius 1 is 1.45 bits per heavy atom. The largest absolute Gasteiger partial charge is 0.390 e. The quantitative estimate of drug-likeness (QED) is 0.633. The van der Waals surface area contributed by atoms with Gasteiger partial charge in [0.05, 0.1) is 36.4 Å². The Bertz CT molecular complexity index is 411. The molecule has 1 aliphatic carbocycles. The number of hydrogen-bond acceptors (Lipinski definition) is 4. The molecule has 0 amide bonds. The smallest absolute Gasteiger partial charge is 0.101 e. The SMILES string of the molecule is CO[C@@H]1[C@H](O)CC[C@]2(CO2)[C@@H]1[C@@]1(C)O[C@H]1CC=C(C)C. The van der Waals surface area contributed by atoms with Gasteiger partial charge in [0.15, 0.2) is 0 Å². The molecule has 1 spiro atoms. The molecule has 114 valence electrons. The number of aliphatic hydroxyl groups is 1. The van der Waals surface area contributed by atoms with Crippen LogP contribution in [-0.4, -0.2) is 48.3 Å². The predicted molar refractivity (Wildman–Crippen MR) is 75.5 cm³/mol. The number of epoxide rings is 2. The summed E-state index contributed by atoms with van der Waals surface area (Å²) in [6, 6.07) is 0. The summed E-state index contributed by atoms with van der Waals surface area (Å²) in [6.45, 7) is 7.13. The van der Waals surface area contributed by atoms with Crippen LogP contribution in [0.25, 0.3) is 0 Å². The maximum atomic E-state index is 10.2. The van der Waals surface area contributed by atoms with E-state index in [9.17, 15) is 5.11 Å². The summed E-state index contributed by atoms with van der Waals surface area (Å²) in [4.78, 5) is 0. The second kappa shape index (κ2) is 4.80. The van der Waals surface area contributed by atoms with Crippen LogP contribution < -0.4 is 0 Å². The monoisotopic (exact) mass is 282 g/mol. The highest BCUT2D eigenvalue weighted by atomic mass is 16.6. The molecule has 0 aromatic heterocycles. The lowest BCUT2D eigenvalue weighted by Crippen LogP contribution is -2.54. The Kier molecular flexibility index (Phi) is 3.49. The first-order chi connectivity index (χ1) is 9.43. The highest BCUT2D eigenvalue weighted by molar-refractivity contribution is 5.20. The molecule has 0 unspecified atom stereocenters. The second-order valence-corrected chi connectivity index (χ2v) is 6.94. The number of ether oxygens (including phenoxy) is 3. The zero-order chi connectivity index (χ0) is 14.5. The maximum absolute atomic E-state index is 10.2. The summed E-state index contributed by atoms with van der Waals surface area (Å²) in [5.41, 5.74) is 0.964. The minimum Gasteiger partial charge on any atom is -0.390 e. The van der Waals surface area contributed by atoms with Crippen molar-refractivity contribution in [2.45, 2.75) is 69.5 Å². The first kappa shape index (κ1) is 14.5. The van der Waals surface area contributed by atoms with E-state index in [1.807, 2.05) is 0 Å². The highest BCUT2D eigenvalue weighted by Crippen LogP contribution is 2.59. The van der Waals surface area contributed by atoms with Gasteiger partial charge >= 0.3 is 0 Å². The van der Waals surface area contributed by atoms with Gasteiger partial charge in [0.1, 0.15) is 5.60 Å². The first-order valence-electron chi connectivity index (χ1n) is 7.59. The van der Waals surface area contributed by atoms with Crippen molar-refractivity contribution in [1.29, 1.82) is 0 Å². The zero-order valence-corrected chi connectivity index (χ0v) is 12.9. The highest BCUT2D eigenvalue weighted by Gasteiger charge is 2.71. The average Bonchev–Trinajstić information content (AvgIpc) is 3.29. The number of hydrogen-bond donors (Lipinski definition) is 1. The maximum Gasteiger partial charge on any atom is 0.101 e. The Labute approximate surface area is 121 Å². The summed E-state index contributed by atoms with van der Waals surface area (Å²) in [5, 5.41) is 10.2. The Balaban J connectivity index is 1.78. The fraction of sp³-hybridized carbons (Fsp3) is 0.875. The summed E-state index contributed by atoms with van der Waals surface area (Å²) in [6.07, 6.45) is 4.43. The van der Waals surface area contributed by atoms with Crippen molar-refractivity contribution in [3.8, 4) is 0 Å². The van der Waals surface area contributed by atoms with Crippen LogP contribution in [-0.2, 0) is 14.2 Å². The average molecular weight is 282 g/mol. The Morgan fingerprint density at radius 2 is 2.15 bits per heavy atom. The van der Waals surface area contributed by atoms with E-state index in [1.54, 1.807) is 7.11 Å². The summed E-state index contributed by atoms with van der Waals surface area (Å²) in [5.74, 6) is 0.124. The van der Waals surface area contributed by atoms with E-state index in [4.69, 9.17) is 14.2 Å². The Morgan fingerprint density at radius 3 is 2.70 bits per heavy atom. The standard InChI is InChI=1S/C16H26O4/c1-10(2)5-6-12-15(3,20-12)14-13(18-4)11(17)7-8-16(14)9-19-16/h5,11-14,17H,6-9H2,1-4H3/t11-,12+,13-,14+,15+,16+/m1/s1. The van der Waals surface area contributed by atoms with E-state index >= 15 is 0 Å². The molecule has 3 aliphatic rings. The van der Waals surface area contributed by atoms with Crippen molar-refractivity contribution in [2.75, 3.05) is 13.7 Å². The molecule has 0 radical (unpaired) electrons. The molecule has 1 N–H and O–H groups in total. The topological polar surface area (TPSA) is 54.5 Å².